The summed E-state index contributed by atoms with van der Waals surface area (Å²) >= 11 is 0. The third-order valence-corrected chi connectivity index (χ3v) is 5.12. The van der Waals surface area contributed by atoms with Crippen molar-refractivity contribution >= 4 is 18.7 Å². The Hall–Kier alpha value is -1.91. The molecule has 1 aliphatic heterocycles. The molecule has 3 rings (SSSR count). The van der Waals surface area contributed by atoms with Crippen molar-refractivity contribution in [1.29, 1.82) is 0 Å². The molecule has 0 atom stereocenters. The van der Waals surface area contributed by atoms with Crippen molar-refractivity contribution in [2.75, 3.05) is 0 Å². The Bertz CT molecular complexity index is 750. The summed E-state index contributed by atoms with van der Waals surface area (Å²) < 4.78 is 12.2. The molecule has 0 unspecified atom stereocenters. The second-order valence-corrected chi connectivity index (χ2v) is 7.31. The highest BCUT2D eigenvalue weighted by Gasteiger charge is 2.51. The highest BCUT2D eigenvalue weighted by molar-refractivity contribution is 6.62. The number of nitrogens with zero attached hydrogens (tertiary/aromatic N) is 1. The Labute approximate surface area is 144 Å². The zero-order valence-electron chi connectivity index (χ0n) is 15.1. The van der Waals surface area contributed by atoms with Gasteiger partial charge in [-0.1, -0.05) is 36.9 Å². The molecule has 1 saturated heterocycles. The summed E-state index contributed by atoms with van der Waals surface area (Å²) in [5.74, 6) is 0. The number of aromatic nitrogens is 1. The fourth-order valence-electron chi connectivity index (χ4n) is 2.86. The van der Waals surface area contributed by atoms with Gasteiger partial charge in [-0.25, -0.2) is 0 Å². The van der Waals surface area contributed by atoms with Crippen LogP contribution in [0.5, 0.6) is 0 Å². The standard InChI is InChI=1S/C20H24BNO2/c1-7-16-14(2)9-8-10-17(16)18-12-11-15(13-22-18)21-23-19(3,4)20(5,6)24-21/h7-13H,1H2,2-6H3. The van der Waals surface area contributed by atoms with Gasteiger partial charge in [-0.2, -0.15) is 0 Å². The van der Waals surface area contributed by atoms with Crippen molar-refractivity contribution in [2.24, 2.45) is 0 Å². The van der Waals surface area contributed by atoms with Crippen LogP contribution in [0.4, 0.5) is 0 Å². The Morgan fingerprint density at radius 1 is 1.04 bits per heavy atom. The Balaban J connectivity index is 1.90. The van der Waals surface area contributed by atoms with E-state index < -0.39 is 0 Å². The van der Waals surface area contributed by atoms with Gasteiger partial charge in [-0.05, 0) is 51.8 Å². The summed E-state index contributed by atoms with van der Waals surface area (Å²) in [4.78, 5) is 4.63. The first kappa shape index (κ1) is 16.9. The van der Waals surface area contributed by atoms with E-state index in [1.54, 1.807) is 0 Å². The van der Waals surface area contributed by atoms with Gasteiger partial charge in [-0.3, -0.25) is 4.98 Å². The maximum atomic E-state index is 6.08. The smallest absolute Gasteiger partial charge is 0.399 e. The normalized spacial score (nSPS) is 18.6. The molecule has 3 nitrogen and oxygen atoms in total. The molecule has 0 aliphatic carbocycles. The lowest BCUT2D eigenvalue weighted by Crippen LogP contribution is -2.41. The van der Waals surface area contributed by atoms with E-state index in [4.69, 9.17) is 9.31 Å². The van der Waals surface area contributed by atoms with Gasteiger partial charge in [0.05, 0.1) is 16.9 Å². The zero-order chi connectivity index (χ0) is 17.5. The van der Waals surface area contributed by atoms with Crippen molar-refractivity contribution in [1.82, 2.24) is 4.98 Å². The maximum absolute atomic E-state index is 6.08. The van der Waals surface area contributed by atoms with E-state index in [0.717, 1.165) is 22.3 Å². The molecule has 24 heavy (non-hydrogen) atoms. The molecule has 0 bridgehead atoms. The summed E-state index contributed by atoms with van der Waals surface area (Å²) in [6.45, 7) is 14.2. The lowest BCUT2D eigenvalue weighted by atomic mass is 9.80. The largest absolute Gasteiger partial charge is 0.496 e. The second-order valence-electron chi connectivity index (χ2n) is 7.31. The van der Waals surface area contributed by atoms with Gasteiger partial charge in [0.2, 0.25) is 0 Å². The summed E-state index contributed by atoms with van der Waals surface area (Å²) in [5.41, 5.74) is 4.57. The van der Waals surface area contributed by atoms with Crippen molar-refractivity contribution in [2.45, 2.75) is 45.8 Å². The molecule has 0 spiro atoms. The number of pyridine rings is 1. The minimum atomic E-state index is -0.382. The summed E-state index contributed by atoms with van der Waals surface area (Å²) in [6, 6.07) is 10.2. The molecular formula is C20H24BNO2. The van der Waals surface area contributed by atoms with E-state index in [1.165, 1.54) is 5.56 Å². The second kappa shape index (κ2) is 5.87. The molecule has 1 aromatic heterocycles. The first-order valence-corrected chi connectivity index (χ1v) is 8.29. The predicted molar refractivity (Wildman–Crippen MR) is 100 cm³/mol. The predicted octanol–water partition coefficient (Wildman–Crippen LogP) is 4.00. The molecule has 2 aromatic rings. The van der Waals surface area contributed by atoms with Crippen molar-refractivity contribution in [3.63, 3.8) is 0 Å². The molecule has 0 amide bonds. The number of hydrogen-bond acceptors (Lipinski definition) is 3. The molecule has 4 heteroatoms. The Morgan fingerprint density at radius 3 is 2.25 bits per heavy atom. The van der Waals surface area contributed by atoms with Gasteiger partial charge in [0, 0.05) is 17.2 Å². The van der Waals surface area contributed by atoms with Gasteiger partial charge < -0.3 is 9.31 Å². The van der Waals surface area contributed by atoms with Crippen LogP contribution in [0.1, 0.15) is 38.8 Å². The topological polar surface area (TPSA) is 31.4 Å². The van der Waals surface area contributed by atoms with Gasteiger partial charge in [0.25, 0.3) is 0 Å². The van der Waals surface area contributed by atoms with Crippen LogP contribution >= 0.6 is 0 Å². The minimum absolute atomic E-state index is 0.344. The maximum Gasteiger partial charge on any atom is 0.496 e. The van der Waals surface area contributed by atoms with Crippen LogP contribution in [0.25, 0.3) is 17.3 Å². The zero-order valence-corrected chi connectivity index (χ0v) is 15.1. The molecule has 124 valence electrons. The summed E-state index contributed by atoms with van der Waals surface area (Å²) in [5, 5.41) is 0. The summed E-state index contributed by atoms with van der Waals surface area (Å²) in [6.07, 6.45) is 3.72. The van der Waals surface area contributed by atoms with E-state index in [-0.39, 0.29) is 18.3 Å². The van der Waals surface area contributed by atoms with Crippen LogP contribution in [0.15, 0.2) is 43.1 Å². The number of benzene rings is 1. The highest BCUT2D eigenvalue weighted by atomic mass is 16.7. The third-order valence-electron chi connectivity index (χ3n) is 5.12. The van der Waals surface area contributed by atoms with Gasteiger partial charge in [0.1, 0.15) is 0 Å². The van der Waals surface area contributed by atoms with Crippen LogP contribution in [0.2, 0.25) is 0 Å². The lowest BCUT2D eigenvalue weighted by Gasteiger charge is -2.32. The van der Waals surface area contributed by atoms with Crippen molar-refractivity contribution < 1.29 is 9.31 Å². The molecule has 0 N–H and O–H groups in total. The molecule has 0 radical (unpaired) electrons. The van der Waals surface area contributed by atoms with E-state index in [1.807, 2.05) is 30.5 Å². The van der Waals surface area contributed by atoms with E-state index in [0.29, 0.717) is 0 Å². The van der Waals surface area contributed by atoms with Crippen LogP contribution in [-0.2, 0) is 9.31 Å². The van der Waals surface area contributed by atoms with Crippen LogP contribution < -0.4 is 5.46 Å². The molecule has 1 aliphatic rings. The number of hydrogen-bond donors (Lipinski definition) is 0. The van der Waals surface area contributed by atoms with Crippen LogP contribution in [0, 0.1) is 6.92 Å². The van der Waals surface area contributed by atoms with Gasteiger partial charge >= 0.3 is 7.12 Å². The fraction of sp³-hybridized carbons (Fsp3) is 0.350. The van der Waals surface area contributed by atoms with Gasteiger partial charge in [-0.15, -0.1) is 0 Å². The number of rotatable bonds is 3. The molecule has 1 fully saturated rings. The lowest BCUT2D eigenvalue weighted by molar-refractivity contribution is 0.00578. The third kappa shape index (κ3) is 2.81. The first-order chi connectivity index (χ1) is 11.2. The quantitative estimate of drug-likeness (QED) is 0.801. The first-order valence-electron chi connectivity index (χ1n) is 8.29. The molecule has 2 heterocycles. The average molecular weight is 321 g/mol. The summed E-state index contributed by atoms with van der Waals surface area (Å²) in [7, 11) is -0.382. The molecule has 1 aromatic carbocycles. The van der Waals surface area contributed by atoms with Gasteiger partial charge in [0.15, 0.2) is 0 Å². The van der Waals surface area contributed by atoms with E-state index in [9.17, 15) is 0 Å². The SMILES string of the molecule is C=Cc1c(C)cccc1-c1ccc(B2OC(C)(C)C(C)(C)O2)cn1. The van der Waals surface area contributed by atoms with Crippen molar-refractivity contribution in [3.05, 3.63) is 54.2 Å². The number of aryl methyl sites for hydroxylation is 1. The van der Waals surface area contributed by atoms with Crippen LogP contribution in [-0.4, -0.2) is 23.3 Å². The average Bonchev–Trinajstić information content (AvgIpc) is 2.75. The van der Waals surface area contributed by atoms with Crippen LogP contribution in [0.3, 0.4) is 0 Å². The highest BCUT2D eigenvalue weighted by Crippen LogP contribution is 2.36. The van der Waals surface area contributed by atoms with E-state index in [2.05, 4.69) is 58.3 Å². The Kier molecular flexibility index (Phi) is 4.14. The fourth-order valence-corrected chi connectivity index (χ4v) is 2.86. The van der Waals surface area contributed by atoms with Crippen molar-refractivity contribution in [3.8, 4) is 11.3 Å². The molecular weight excluding hydrogens is 297 g/mol. The Morgan fingerprint density at radius 2 is 1.71 bits per heavy atom. The monoisotopic (exact) mass is 321 g/mol. The van der Waals surface area contributed by atoms with E-state index >= 15 is 0 Å². The minimum Gasteiger partial charge on any atom is -0.399 e. The molecule has 0 saturated carbocycles.